The Hall–Kier alpha value is -1.47. The molecule has 67 heavy (non-hydrogen) atoms. The number of aliphatic hydroxyl groups excluding tert-OH is 11. The number of unbranched alkanes of at least 4 members (excludes halogenated alkanes) is 11. The largest absolute Gasteiger partial charge is 0.394 e. The molecule has 7 aliphatic rings. The van der Waals surface area contributed by atoms with Crippen LogP contribution in [0.5, 0.6) is 0 Å². The first kappa shape index (κ1) is 54.9. The van der Waals surface area contributed by atoms with Crippen LogP contribution in [0.4, 0.5) is 0 Å². The van der Waals surface area contributed by atoms with Crippen LogP contribution in [0, 0.1) is 29.6 Å². The van der Waals surface area contributed by atoms with Gasteiger partial charge in [-0.3, -0.25) is 4.79 Å². The predicted octanol–water partition coefficient (Wildman–Crippen LogP) is 0.0167. The number of rotatable bonds is 27. The third kappa shape index (κ3) is 14.4. The van der Waals surface area contributed by atoms with Gasteiger partial charge in [-0.05, 0) is 74.5 Å². The van der Waals surface area contributed by atoms with Crippen molar-refractivity contribution in [1.82, 2.24) is 5.32 Å². The number of hydrogen-bond acceptors (Lipinski definition) is 18. The van der Waals surface area contributed by atoms with E-state index in [9.17, 15) is 61.0 Å². The van der Waals surface area contributed by atoms with E-state index in [-0.39, 0.29) is 18.4 Å². The zero-order valence-electron chi connectivity index (χ0n) is 39.2. The minimum atomic E-state index is -1.97. The molecule has 3 aliphatic heterocycles. The van der Waals surface area contributed by atoms with E-state index in [1.165, 1.54) is 57.8 Å². The monoisotopic (exact) mass is 962 g/mol. The van der Waals surface area contributed by atoms with Crippen molar-refractivity contribution in [3.8, 4) is 0 Å². The molecule has 388 valence electrons. The van der Waals surface area contributed by atoms with Gasteiger partial charge in [0.05, 0.1) is 38.6 Å². The lowest BCUT2D eigenvalue weighted by Crippen LogP contribution is -2.66. The summed E-state index contributed by atoms with van der Waals surface area (Å²) < 4.78 is 34.3. The summed E-state index contributed by atoms with van der Waals surface area (Å²) >= 11 is 0. The summed E-state index contributed by atoms with van der Waals surface area (Å²) in [5.41, 5.74) is 0. The number of allylic oxidation sites excluding steroid dienone is 1. The van der Waals surface area contributed by atoms with Gasteiger partial charge in [-0.2, -0.15) is 0 Å². The fraction of sp³-hybridized carbons (Fsp3) is 0.938. The van der Waals surface area contributed by atoms with E-state index in [0.29, 0.717) is 18.3 Å². The fourth-order valence-corrected chi connectivity index (χ4v) is 11.8. The summed E-state index contributed by atoms with van der Waals surface area (Å²) in [7, 11) is 0. The molecule has 3 saturated heterocycles. The lowest BCUT2D eigenvalue weighted by Gasteiger charge is -2.54. The standard InChI is InChI=1S/C48H83NO18/c1-2-3-4-5-6-7-8-9-10-11-12-13-14-15-32(53)31(49-36(54)21-30-28-17-26-16-27(19-28)20-29(30)18-26)25-62-46-42(60)39(57)44(34(23-51)64-46)67-48-43(61)40(58)45(35(24-52)65-48)66-47-41(59)38(56)37(55)33(22-50)63-47/h14-15,26-35,37-48,50-53,55-61H,2-13,16-25H2,1H3,(H,49,54)/b15-14+/t26?,27?,28?,29?,30?,31-,32+,33+,34+,35+,37-,38-,39+,40+,41+,42+,43+,44+,45-,46+,47+,48-/m0/s1. The zero-order valence-corrected chi connectivity index (χ0v) is 39.2. The quantitative estimate of drug-likeness (QED) is 0.0381. The van der Waals surface area contributed by atoms with Crippen LogP contribution in [0.2, 0.25) is 0 Å². The van der Waals surface area contributed by atoms with E-state index in [1.807, 2.05) is 6.08 Å². The summed E-state index contributed by atoms with van der Waals surface area (Å²) in [6.45, 7) is -0.506. The first-order chi connectivity index (χ1) is 32.3. The van der Waals surface area contributed by atoms with Gasteiger partial charge in [-0.15, -0.1) is 0 Å². The highest BCUT2D eigenvalue weighted by Crippen LogP contribution is 2.57. The third-order valence-electron chi connectivity index (χ3n) is 15.4. The molecule has 19 heteroatoms. The number of carbonyl (C=O) groups is 1. The van der Waals surface area contributed by atoms with Crippen LogP contribution in [-0.4, -0.2) is 193 Å². The van der Waals surface area contributed by atoms with Crippen LogP contribution in [-0.2, 0) is 33.2 Å². The molecule has 0 unspecified atom stereocenters. The topological polar surface area (TPSA) is 307 Å². The second kappa shape index (κ2) is 26.8. The molecule has 0 spiro atoms. The smallest absolute Gasteiger partial charge is 0.220 e. The first-order valence-electron chi connectivity index (χ1n) is 25.4. The minimum Gasteiger partial charge on any atom is -0.394 e. The molecule has 17 atom stereocenters. The summed E-state index contributed by atoms with van der Waals surface area (Å²) in [5.74, 6) is 2.63. The highest BCUT2D eigenvalue weighted by atomic mass is 16.8. The first-order valence-corrected chi connectivity index (χ1v) is 25.4. The highest BCUT2D eigenvalue weighted by Gasteiger charge is 2.54. The van der Waals surface area contributed by atoms with Crippen molar-refractivity contribution >= 4 is 5.91 Å². The van der Waals surface area contributed by atoms with E-state index in [4.69, 9.17) is 28.4 Å². The van der Waals surface area contributed by atoms with Crippen molar-refractivity contribution < 1.29 is 89.4 Å². The number of aliphatic hydroxyl groups is 11. The molecule has 0 aromatic heterocycles. The van der Waals surface area contributed by atoms with Crippen LogP contribution in [0.25, 0.3) is 0 Å². The average molecular weight is 962 g/mol. The Kier molecular flexibility index (Phi) is 22.0. The van der Waals surface area contributed by atoms with E-state index in [1.54, 1.807) is 6.08 Å². The number of amides is 1. The molecule has 4 bridgehead atoms. The predicted molar refractivity (Wildman–Crippen MR) is 238 cm³/mol. The van der Waals surface area contributed by atoms with E-state index in [2.05, 4.69) is 12.2 Å². The maximum atomic E-state index is 13.7. The second-order valence-electron chi connectivity index (χ2n) is 20.4. The Morgan fingerprint density at radius 2 is 1.06 bits per heavy atom. The van der Waals surface area contributed by atoms with Crippen LogP contribution < -0.4 is 5.32 Å². The third-order valence-corrected chi connectivity index (χ3v) is 15.4. The van der Waals surface area contributed by atoms with Gasteiger partial charge in [0.1, 0.15) is 73.2 Å². The van der Waals surface area contributed by atoms with Crippen LogP contribution in [0.1, 0.15) is 122 Å². The second-order valence-corrected chi connectivity index (χ2v) is 20.4. The van der Waals surface area contributed by atoms with Crippen LogP contribution in [0.15, 0.2) is 12.2 Å². The molecular formula is C48H83NO18. The highest BCUT2D eigenvalue weighted by molar-refractivity contribution is 5.76. The van der Waals surface area contributed by atoms with Crippen LogP contribution in [0.3, 0.4) is 0 Å². The Morgan fingerprint density at radius 3 is 1.58 bits per heavy atom. The molecule has 4 aliphatic carbocycles. The van der Waals surface area contributed by atoms with Crippen LogP contribution >= 0.6 is 0 Å². The fourth-order valence-electron chi connectivity index (χ4n) is 11.8. The SMILES string of the molecule is CCCCCCCCCCCCC/C=C/[C@@H](O)[C@H](CO[C@@H]1O[C@H](CO)[C@@H](O[C@@H]2O[C@H](CO)[C@H](O[C@H]3O[C@H](CO)[C@H](O)[C@H](O)[C@H]3O)[C@H](O)[C@H]2O)[C@H](O)[C@H]1O)NC(=O)CC1C2CC3CC(C2)CC1C3. The molecule has 0 radical (unpaired) electrons. The Balaban J connectivity index is 1.02. The Morgan fingerprint density at radius 1 is 0.597 bits per heavy atom. The van der Waals surface area contributed by atoms with Crippen molar-refractivity contribution in [1.29, 1.82) is 0 Å². The molecule has 7 fully saturated rings. The van der Waals surface area contributed by atoms with Crippen molar-refractivity contribution in [2.45, 2.75) is 227 Å². The van der Waals surface area contributed by atoms with E-state index in [0.717, 1.165) is 63.2 Å². The van der Waals surface area contributed by atoms with Gasteiger partial charge in [0, 0.05) is 6.42 Å². The zero-order chi connectivity index (χ0) is 48.2. The summed E-state index contributed by atoms with van der Waals surface area (Å²) in [5, 5.41) is 120. The number of carbonyl (C=O) groups excluding carboxylic acids is 1. The van der Waals surface area contributed by atoms with Gasteiger partial charge in [0.15, 0.2) is 18.9 Å². The van der Waals surface area contributed by atoms with Gasteiger partial charge in [0.2, 0.25) is 5.91 Å². The van der Waals surface area contributed by atoms with E-state index < -0.39 is 124 Å². The van der Waals surface area contributed by atoms with Crippen molar-refractivity contribution in [2.75, 3.05) is 26.4 Å². The van der Waals surface area contributed by atoms with Gasteiger partial charge in [-0.1, -0.05) is 83.3 Å². The molecule has 1 amide bonds. The van der Waals surface area contributed by atoms with Gasteiger partial charge in [0.25, 0.3) is 0 Å². The molecule has 19 nitrogen and oxygen atoms in total. The molecule has 4 saturated carbocycles. The Bertz CT molecular complexity index is 1450. The Labute approximate surface area is 394 Å². The molecule has 7 rings (SSSR count). The lowest BCUT2D eigenvalue weighted by molar-refractivity contribution is -0.379. The van der Waals surface area contributed by atoms with Gasteiger partial charge in [-0.25, -0.2) is 0 Å². The molecule has 12 N–H and O–H groups in total. The summed E-state index contributed by atoms with van der Waals surface area (Å²) in [6.07, 6.45) is -2.71. The van der Waals surface area contributed by atoms with Crippen molar-refractivity contribution in [3.05, 3.63) is 12.2 Å². The molecular weight excluding hydrogens is 879 g/mol. The number of hydrogen-bond donors (Lipinski definition) is 12. The average Bonchev–Trinajstić information content (AvgIpc) is 3.31. The number of nitrogens with one attached hydrogen (secondary N) is 1. The minimum absolute atomic E-state index is 0.203. The molecule has 0 aromatic rings. The molecule has 3 heterocycles. The van der Waals surface area contributed by atoms with Crippen molar-refractivity contribution in [3.63, 3.8) is 0 Å². The summed E-state index contributed by atoms with van der Waals surface area (Å²) in [4.78, 5) is 13.7. The molecule has 0 aromatic carbocycles. The normalized spacial score (nSPS) is 41.7. The summed E-state index contributed by atoms with van der Waals surface area (Å²) in [6, 6.07) is -0.951. The van der Waals surface area contributed by atoms with Gasteiger partial charge < -0.3 is 89.9 Å². The number of ether oxygens (including phenoxy) is 6. The van der Waals surface area contributed by atoms with Gasteiger partial charge >= 0.3 is 0 Å². The maximum absolute atomic E-state index is 13.7. The van der Waals surface area contributed by atoms with Crippen molar-refractivity contribution in [2.24, 2.45) is 29.6 Å². The lowest BCUT2D eigenvalue weighted by atomic mass is 9.51. The van der Waals surface area contributed by atoms with E-state index >= 15 is 0 Å². The maximum Gasteiger partial charge on any atom is 0.220 e.